The number of hydrogen-bond donors (Lipinski definition) is 1. The van der Waals surface area contributed by atoms with Crippen molar-refractivity contribution in [1.82, 2.24) is 4.98 Å². The molecule has 0 fully saturated rings. The van der Waals surface area contributed by atoms with E-state index in [-0.39, 0.29) is 5.82 Å². The van der Waals surface area contributed by atoms with Crippen LogP contribution in [0.15, 0.2) is 18.3 Å². The lowest BCUT2D eigenvalue weighted by Gasteiger charge is -1.96. The topological polar surface area (TPSA) is 12.9 Å². The van der Waals surface area contributed by atoms with E-state index in [4.69, 9.17) is 11.6 Å². The first-order valence-corrected chi connectivity index (χ1v) is 4.83. The Labute approximate surface area is 87.0 Å². The summed E-state index contributed by atoms with van der Waals surface area (Å²) in [6.45, 7) is 0. The third-order valence-electron chi connectivity index (χ3n) is 1.43. The summed E-state index contributed by atoms with van der Waals surface area (Å²) in [4.78, 5) is 3.68. The summed E-state index contributed by atoms with van der Waals surface area (Å²) in [6.07, 6.45) is 5.55. The molecule has 0 spiro atoms. The van der Waals surface area contributed by atoms with Crippen LogP contribution in [0, 0.1) is 5.82 Å². The van der Waals surface area contributed by atoms with Crippen LogP contribution in [0.5, 0.6) is 0 Å². The Morgan fingerprint density at radius 2 is 2.38 bits per heavy atom. The number of hydrogen-bond acceptors (Lipinski definition) is 2. The Morgan fingerprint density at radius 3 is 3.08 bits per heavy atom. The molecule has 4 heteroatoms. The highest BCUT2D eigenvalue weighted by Crippen LogP contribution is 2.15. The van der Waals surface area contributed by atoms with Crippen LogP contribution in [0.2, 0.25) is 5.15 Å². The van der Waals surface area contributed by atoms with Crippen LogP contribution in [-0.2, 0) is 0 Å². The smallest absolute Gasteiger partial charge is 0.142 e. The molecule has 0 N–H and O–H groups in total. The fourth-order valence-electron chi connectivity index (χ4n) is 0.840. The Morgan fingerprint density at radius 1 is 1.62 bits per heavy atom. The molecule has 0 aliphatic heterocycles. The molecule has 0 aliphatic carbocycles. The summed E-state index contributed by atoms with van der Waals surface area (Å²) >= 11 is 9.77. The highest BCUT2D eigenvalue weighted by molar-refractivity contribution is 7.80. The summed E-state index contributed by atoms with van der Waals surface area (Å²) in [7, 11) is 0. The molecule has 0 amide bonds. The zero-order chi connectivity index (χ0) is 9.68. The Hall–Kier alpha value is -0.540. The van der Waals surface area contributed by atoms with Gasteiger partial charge in [-0.2, -0.15) is 12.6 Å². The summed E-state index contributed by atoms with van der Waals surface area (Å²) in [5.74, 6) is 0.381. The Kier molecular flexibility index (Phi) is 4.25. The molecule has 1 heterocycles. The van der Waals surface area contributed by atoms with Crippen molar-refractivity contribution in [2.24, 2.45) is 0 Å². The minimum atomic E-state index is -0.380. The first kappa shape index (κ1) is 10.5. The van der Waals surface area contributed by atoms with E-state index >= 15 is 0 Å². The second-order valence-corrected chi connectivity index (χ2v) is 3.25. The highest BCUT2D eigenvalue weighted by atomic mass is 35.5. The fraction of sp³-hybridized carbons (Fsp3) is 0.222. The number of pyridine rings is 1. The van der Waals surface area contributed by atoms with Crippen LogP contribution < -0.4 is 0 Å². The zero-order valence-corrected chi connectivity index (χ0v) is 8.52. The van der Waals surface area contributed by atoms with E-state index in [0.717, 1.165) is 18.4 Å². The van der Waals surface area contributed by atoms with Gasteiger partial charge in [0, 0.05) is 5.56 Å². The average Bonchev–Trinajstić information content (AvgIpc) is 2.11. The van der Waals surface area contributed by atoms with Crippen LogP contribution in [0.25, 0.3) is 6.08 Å². The summed E-state index contributed by atoms with van der Waals surface area (Å²) in [5, 5.41) is 0.316. The monoisotopic (exact) mass is 217 g/mol. The van der Waals surface area contributed by atoms with E-state index in [1.807, 2.05) is 6.08 Å². The second-order valence-electron chi connectivity index (χ2n) is 2.45. The molecule has 0 bridgehead atoms. The lowest BCUT2D eigenvalue weighted by Crippen LogP contribution is -1.83. The fourth-order valence-corrected chi connectivity index (χ4v) is 1.16. The molecule has 0 saturated heterocycles. The summed E-state index contributed by atoms with van der Waals surface area (Å²) in [5.41, 5.74) is 0.600. The van der Waals surface area contributed by atoms with Crippen LogP contribution >= 0.6 is 24.2 Å². The minimum Gasteiger partial charge on any atom is -0.241 e. The van der Waals surface area contributed by atoms with Crippen molar-refractivity contribution in [2.45, 2.75) is 6.42 Å². The maximum Gasteiger partial charge on any atom is 0.142 e. The quantitative estimate of drug-likeness (QED) is 0.606. The van der Waals surface area contributed by atoms with Gasteiger partial charge in [-0.3, -0.25) is 0 Å². The third kappa shape index (κ3) is 3.36. The van der Waals surface area contributed by atoms with Crippen LogP contribution in [0.3, 0.4) is 0 Å². The van der Waals surface area contributed by atoms with Gasteiger partial charge < -0.3 is 0 Å². The van der Waals surface area contributed by atoms with Crippen LogP contribution in [-0.4, -0.2) is 10.7 Å². The van der Waals surface area contributed by atoms with Gasteiger partial charge in [0.2, 0.25) is 0 Å². The molecule has 1 nitrogen and oxygen atoms in total. The van der Waals surface area contributed by atoms with Crippen molar-refractivity contribution in [1.29, 1.82) is 0 Å². The maximum atomic E-state index is 12.7. The Bertz CT molecular complexity index is 314. The van der Waals surface area contributed by atoms with Crippen molar-refractivity contribution >= 4 is 30.3 Å². The molecule has 0 aromatic carbocycles. The number of allylic oxidation sites excluding steroid dienone is 1. The van der Waals surface area contributed by atoms with Crippen molar-refractivity contribution in [3.63, 3.8) is 0 Å². The van der Waals surface area contributed by atoms with Gasteiger partial charge in [-0.1, -0.05) is 23.8 Å². The standard InChI is InChI=1S/C9H9ClFNS/c10-9-7(3-1-2-4-13)5-8(11)6-12-9/h1,3,5-6,13H,2,4H2. The number of aromatic nitrogens is 1. The molecule has 0 radical (unpaired) electrons. The molecule has 13 heavy (non-hydrogen) atoms. The van der Waals surface area contributed by atoms with Crippen molar-refractivity contribution in [2.75, 3.05) is 5.75 Å². The molecule has 70 valence electrons. The molecule has 0 aliphatic rings. The number of nitrogens with zero attached hydrogens (tertiary/aromatic N) is 1. The minimum absolute atomic E-state index is 0.316. The van der Waals surface area contributed by atoms with Gasteiger partial charge in [-0.15, -0.1) is 0 Å². The van der Waals surface area contributed by atoms with E-state index < -0.39 is 0 Å². The predicted molar refractivity (Wildman–Crippen MR) is 56.7 cm³/mol. The average molecular weight is 218 g/mol. The number of rotatable bonds is 3. The van der Waals surface area contributed by atoms with Gasteiger partial charge in [0.15, 0.2) is 0 Å². The molecule has 1 aromatic heterocycles. The predicted octanol–water partition coefficient (Wildman–Crippen LogP) is 3.21. The maximum absolute atomic E-state index is 12.7. The molecule has 0 saturated carbocycles. The van der Waals surface area contributed by atoms with E-state index in [9.17, 15) is 4.39 Å². The lowest BCUT2D eigenvalue weighted by atomic mass is 10.2. The zero-order valence-electron chi connectivity index (χ0n) is 6.87. The van der Waals surface area contributed by atoms with Crippen molar-refractivity contribution in [3.8, 4) is 0 Å². The highest BCUT2D eigenvalue weighted by Gasteiger charge is 1.98. The van der Waals surface area contributed by atoms with Gasteiger partial charge in [0.05, 0.1) is 6.20 Å². The normalized spacial score (nSPS) is 11.0. The third-order valence-corrected chi connectivity index (χ3v) is 2.00. The molecule has 1 rings (SSSR count). The van der Waals surface area contributed by atoms with Gasteiger partial charge in [0.1, 0.15) is 11.0 Å². The number of halogens is 2. The number of thiol groups is 1. The lowest BCUT2D eigenvalue weighted by molar-refractivity contribution is 0.621. The van der Waals surface area contributed by atoms with E-state index in [1.165, 1.54) is 6.07 Å². The van der Waals surface area contributed by atoms with E-state index in [1.54, 1.807) is 6.08 Å². The van der Waals surface area contributed by atoms with Crippen molar-refractivity contribution in [3.05, 3.63) is 34.9 Å². The largest absolute Gasteiger partial charge is 0.241 e. The summed E-state index contributed by atoms with van der Waals surface area (Å²) in [6, 6.07) is 1.35. The van der Waals surface area contributed by atoms with E-state index in [0.29, 0.717) is 10.7 Å². The van der Waals surface area contributed by atoms with Gasteiger partial charge in [-0.25, -0.2) is 9.37 Å². The van der Waals surface area contributed by atoms with Gasteiger partial charge in [-0.05, 0) is 18.2 Å². The van der Waals surface area contributed by atoms with Crippen molar-refractivity contribution < 1.29 is 4.39 Å². The molecule has 0 atom stereocenters. The van der Waals surface area contributed by atoms with E-state index in [2.05, 4.69) is 17.6 Å². The molecule has 0 unspecified atom stereocenters. The van der Waals surface area contributed by atoms with Gasteiger partial charge in [0.25, 0.3) is 0 Å². The summed E-state index contributed by atoms with van der Waals surface area (Å²) < 4.78 is 12.7. The second kappa shape index (κ2) is 5.25. The van der Waals surface area contributed by atoms with Gasteiger partial charge >= 0.3 is 0 Å². The SMILES string of the molecule is Fc1cnc(Cl)c(C=CCCS)c1. The molecular weight excluding hydrogens is 209 g/mol. The first-order valence-electron chi connectivity index (χ1n) is 3.82. The molecular formula is C9H9ClFNS. The molecule has 1 aromatic rings. The van der Waals surface area contributed by atoms with Crippen LogP contribution in [0.1, 0.15) is 12.0 Å². The first-order chi connectivity index (χ1) is 6.24. The van der Waals surface area contributed by atoms with Crippen LogP contribution in [0.4, 0.5) is 4.39 Å². The Balaban J connectivity index is 2.81.